The van der Waals surface area contributed by atoms with Crippen LogP contribution in [-0.2, 0) is 0 Å². The first-order valence-electron chi connectivity index (χ1n) is 7.82. The minimum Gasteiger partial charge on any atom is -0.398 e. The van der Waals surface area contributed by atoms with E-state index in [0.29, 0.717) is 0 Å². The Morgan fingerprint density at radius 2 is 1.74 bits per heavy atom. The molecule has 0 aliphatic carbocycles. The summed E-state index contributed by atoms with van der Waals surface area (Å²) in [5.74, 6) is 0. The van der Waals surface area contributed by atoms with Crippen molar-refractivity contribution in [1.82, 2.24) is 0 Å². The molecule has 0 saturated carbocycles. The second-order valence-electron chi connectivity index (χ2n) is 3.49. The molecule has 0 unspecified atom stereocenters. The van der Waals surface area contributed by atoms with Crippen LogP contribution in [-0.4, -0.2) is 0 Å². The second kappa shape index (κ2) is 20.7. The number of nitrogen functional groups attached to an aromatic ring is 1. The van der Waals surface area contributed by atoms with Crippen molar-refractivity contribution in [3.63, 3.8) is 0 Å². The topological polar surface area (TPSA) is 26.0 Å². The van der Waals surface area contributed by atoms with Gasteiger partial charge < -0.3 is 5.73 Å². The van der Waals surface area contributed by atoms with Crippen molar-refractivity contribution in [2.75, 3.05) is 5.73 Å². The largest absolute Gasteiger partial charge is 0.398 e. The zero-order chi connectivity index (χ0) is 18.7. The molecular weight excluding hydrogens is 366 g/mol. The maximum Gasteiger partial charge on any atom is 0.0502 e. The Balaban J connectivity index is -0.000000296. The average Bonchev–Trinajstić information content (AvgIpc) is 2.93. The number of halogens is 1. The number of hydrogen-bond donors (Lipinski definition) is 1. The van der Waals surface area contributed by atoms with E-state index in [4.69, 9.17) is 5.73 Å². The van der Waals surface area contributed by atoms with E-state index >= 15 is 0 Å². The number of allylic oxidation sites excluding steroid dienone is 6. The van der Waals surface area contributed by atoms with E-state index in [0.717, 1.165) is 15.4 Å². The molecule has 1 heterocycles. The third-order valence-electron chi connectivity index (χ3n) is 2.02. The van der Waals surface area contributed by atoms with Crippen LogP contribution in [0.4, 0.5) is 5.69 Å². The van der Waals surface area contributed by atoms with Crippen LogP contribution >= 0.6 is 27.3 Å². The first-order valence-corrected chi connectivity index (χ1v) is 9.49. The van der Waals surface area contributed by atoms with E-state index in [2.05, 4.69) is 35.2 Å². The van der Waals surface area contributed by atoms with Gasteiger partial charge in [0.05, 0.1) is 5.69 Å². The van der Waals surface area contributed by atoms with Gasteiger partial charge in [0.25, 0.3) is 0 Å². The highest BCUT2D eigenvalue weighted by Crippen LogP contribution is 2.00. The zero-order valence-electron chi connectivity index (χ0n) is 15.4. The summed E-state index contributed by atoms with van der Waals surface area (Å²) in [4.78, 5) is 0. The van der Waals surface area contributed by atoms with Crippen LogP contribution in [0.3, 0.4) is 0 Å². The molecule has 1 aromatic heterocycles. The van der Waals surface area contributed by atoms with Crippen molar-refractivity contribution in [2.45, 2.75) is 41.5 Å². The molecule has 0 aliphatic rings. The van der Waals surface area contributed by atoms with Gasteiger partial charge in [0.1, 0.15) is 0 Å². The van der Waals surface area contributed by atoms with Gasteiger partial charge in [-0.3, -0.25) is 0 Å². The summed E-state index contributed by atoms with van der Waals surface area (Å²) in [7, 11) is 0. The molecule has 0 saturated heterocycles. The summed E-state index contributed by atoms with van der Waals surface area (Å²) in [6.45, 7) is 19.2. The van der Waals surface area contributed by atoms with Crippen molar-refractivity contribution >= 4 is 45.1 Å². The molecule has 0 aromatic carbocycles. The maximum atomic E-state index is 5.71. The predicted molar refractivity (Wildman–Crippen MR) is 117 cm³/mol. The Morgan fingerprint density at radius 3 is 2.13 bits per heavy atom. The molecule has 0 atom stereocenters. The van der Waals surface area contributed by atoms with Crippen LogP contribution in [0.1, 0.15) is 41.5 Å². The number of rotatable bonds is 3. The molecule has 0 fully saturated rings. The van der Waals surface area contributed by atoms with E-state index in [9.17, 15) is 0 Å². The molecule has 23 heavy (non-hydrogen) atoms. The lowest BCUT2D eigenvalue weighted by molar-refractivity contribution is 1.50. The zero-order valence-corrected chi connectivity index (χ0v) is 17.8. The molecule has 0 spiro atoms. The van der Waals surface area contributed by atoms with Crippen LogP contribution in [0.5, 0.6) is 0 Å². The molecule has 0 bridgehead atoms. The van der Waals surface area contributed by atoms with Gasteiger partial charge in [0.15, 0.2) is 0 Å². The van der Waals surface area contributed by atoms with E-state index < -0.39 is 0 Å². The van der Waals surface area contributed by atoms with Crippen molar-refractivity contribution in [2.24, 2.45) is 0 Å². The molecule has 0 aliphatic heterocycles. The first-order chi connectivity index (χ1) is 11.1. The standard InChI is InChI=1S/C9H11NS.C7H9Br.2C2H6/c1-3-5-7-8(10)6-11-9(7)4-2;1-3-4-5-6-7(2)8;2*1-2/h3-6H,1,10H2,2H3;3-6H,2H2,1H3;2*1-2H3/b7-5-,9-4+;4-3-,6-5-;;. The fraction of sp³-hybridized carbons (Fsp3) is 0.300. The average molecular weight is 398 g/mol. The fourth-order valence-corrected chi connectivity index (χ4v) is 2.17. The highest BCUT2D eigenvalue weighted by molar-refractivity contribution is 9.11. The van der Waals surface area contributed by atoms with Crippen LogP contribution in [0.2, 0.25) is 0 Å². The Kier molecular flexibility index (Phi) is 23.9. The smallest absolute Gasteiger partial charge is 0.0502 e. The van der Waals surface area contributed by atoms with Gasteiger partial charge in [0.2, 0.25) is 0 Å². The lowest BCUT2D eigenvalue weighted by Gasteiger charge is -1.80. The Morgan fingerprint density at radius 1 is 1.17 bits per heavy atom. The highest BCUT2D eigenvalue weighted by atomic mass is 79.9. The normalized spacial score (nSPS) is 11.1. The quantitative estimate of drug-likeness (QED) is 0.605. The van der Waals surface area contributed by atoms with Crippen molar-refractivity contribution in [3.05, 3.63) is 63.2 Å². The SMILES string of the molecule is C=C(Br)/C=C\C=C/C.C=C/C=c1/c(N)cs/c1=C/C.CC.CC. The third-order valence-corrected chi connectivity index (χ3v) is 3.36. The Bertz CT molecular complexity index is 577. The maximum absolute atomic E-state index is 5.71. The molecule has 130 valence electrons. The molecule has 1 aromatic rings. The van der Waals surface area contributed by atoms with Crippen molar-refractivity contribution in [3.8, 4) is 0 Å². The molecule has 2 N–H and O–H groups in total. The number of thiophene rings is 1. The summed E-state index contributed by atoms with van der Waals surface area (Å²) in [5, 5.41) is 3.04. The third kappa shape index (κ3) is 15.4. The van der Waals surface area contributed by atoms with Crippen LogP contribution < -0.4 is 15.5 Å². The predicted octanol–water partition coefficient (Wildman–Crippen LogP) is 6.18. The van der Waals surface area contributed by atoms with E-state index in [1.165, 1.54) is 4.53 Å². The minimum atomic E-state index is 0.836. The van der Waals surface area contributed by atoms with Gasteiger partial charge in [-0.05, 0) is 19.9 Å². The lowest BCUT2D eigenvalue weighted by Crippen LogP contribution is -2.20. The molecule has 0 radical (unpaired) electrons. The number of hydrogen-bond acceptors (Lipinski definition) is 2. The number of anilines is 1. The van der Waals surface area contributed by atoms with E-state index in [-0.39, 0.29) is 0 Å². The summed E-state index contributed by atoms with van der Waals surface area (Å²) in [5.41, 5.74) is 6.55. The monoisotopic (exact) mass is 397 g/mol. The van der Waals surface area contributed by atoms with E-state index in [1.807, 2.05) is 77.3 Å². The molecular formula is C20H32BrNS. The van der Waals surface area contributed by atoms with Crippen molar-refractivity contribution < 1.29 is 0 Å². The molecule has 3 heteroatoms. The van der Waals surface area contributed by atoms with Gasteiger partial charge in [0, 0.05) is 19.6 Å². The lowest BCUT2D eigenvalue weighted by atomic mass is 10.3. The van der Waals surface area contributed by atoms with Gasteiger partial charge in [-0.1, -0.05) is 93.2 Å². The second-order valence-corrected chi connectivity index (χ2v) is 5.42. The van der Waals surface area contributed by atoms with Crippen LogP contribution in [0, 0.1) is 0 Å². The molecule has 1 rings (SSSR count). The summed E-state index contributed by atoms with van der Waals surface area (Å²) >= 11 is 4.85. The van der Waals surface area contributed by atoms with E-state index in [1.54, 1.807) is 17.4 Å². The van der Waals surface area contributed by atoms with Gasteiger partial charge >= 0.3 is 0 Å². The molecule has 0 amide bonds. The molecule has 1 nitrogen and oxygen atoms in total. The van der Waals surface area contributed by atoms with Gasteiger partial charge in [-0.25, -0.2) is 0 Å². The van der Waals surface area contributed by atoms with Crippen molar-refractivity contribution in [1.29, 1.82) is 0 Å². The Hall–Kier alpha value is -1.32. The van der Waals surface area contributed by atoms with Crippen LogP contribution in [0.15, 0.2) is 53.4 Å². The Labute approximate surface area is 155 Å². The minimum absolute atomic E-state index is 0.836. The number of nitrogens with two attached hydrogens (primary N) is 1. The first kappa shape index (κ1) is 26.6. The summed E-state index contributed by atoms with van der Waals surface area (Å²) in [6.07, 6.45) is 13.5. The highest BCUT2D eigenvalue weighted by Gasteiger charge is 1.90. The van der Waals surface area contributed by atoms with Gasteiger partial charge in [-0.2, -0.15) is 0 Å². The van der Waals surface area contributed by atoms with Gasteiger partial charge in [-0.15, -0.1) is 11.3 Å². The summed E-state index contributed by atoms with van der Waals surface area (Å²) < 4.78 is 2.11. The summed E-state index contributed by atoms with van der Waals surface area (Å²) in [6, 6.07) is 0. The fourth-order valence-electron chi connectivity index (χ4n) is 1.19. The van der Waals surface area contributed by atoms with Crippen LogP contribution in [0.25, 0.3) is 12.2 Å².